The van der Waals surface area contributed by atoms with Gasteiger partial charge in [-0.3, -0.25) is 0 Å². The molecule has 2 saturated carbocycles. The van der Waals surface area contributed by atoms with E-state index >= 15 is 0 Å². The lowest BCUT2D eigenvalue weighted by atomic mass is 9.61. The smallest absolute Gasteiger partial charge is 0.148 e. The molecule has 0 heterocycles. The van der Waals surface area contributed by atoms with Gasteiger partial charge >= 0.3 is 0 Å². The van der Waals surface area contributed by atoms with Crippen LogP contribution in [0.15, 0.2) is 6.07 Å². The van der Waals surface area contributed by atoms with Crippen molar-refractivity contribution in [3.05, 3.63) is 33.9 Å². The second kappa shape index (κ2) is 7.18. The van der Waals surface area contributed by atoms with E-state index in [9.17, 15) is 8.78 Å². The molecule has 138 valence electrons. The van der Waals surface area contributed by atoms with Gasteiger partial charge in [-0.05, 0) is 98.1 Å². The molecular weight excluding hydrogens is 338 g/mol. The zero-order valence-electron chi connectivity index (χ0n) is 15.2. The van der Waals surface area contributed by atoms with Gasteiger partial charge in [0.1, 0.15) is 16.7 Å². The maximum absolute atomic E-state index is 14.2. The predicted molar refractivity (Wildman–Crippen MR) is 98.8 cm³/mol. The molecule has 0 amide bonds. The molecule has 5 atom stereocenters. The lowest BCUT2D eigenvalue weighted by Gasteiger charge is -2.45. The fraction of sp³-hybridized carbons (Fsp3) is 0.727. The third kappa shape index (κ3) is 3.36. The molecule has 0 aromatic heterocycles. The van der Waals surface area contributed by atoms with Crippen molar-refractivity contribution in [1.29, 1.82) is 0 Å². The van der Waals surface area contributed by atoms with E-state index in [2.05, 4.69) is 6.92 Å². The van der Waals surface area contributed by atoms with Crippen LogP contribution >= 0.6 is 11.6 Å². The Balaban J connectivity index is 1.45. The highest BCUT2D eigenvalue weighted by Gasteiger charge is 2.38. The van der Waals surface area contributed by atoms with Gasteiger partial charge in [-0.25, -0.2) is 8.78 Å². The van der Waals surface area contributed by atoms with Gasteiger partial charge in [-0.15, -0.1) is 0 Å². The maximum Gasteiger partial charge on any atom is 0.148 e. The number of halogens is 3. The van der Waals surface area contributed by atoms with Crippen LogP contribution in [-0.4, -0.2) is 0 Å². The first-order valence-electron chi connectivity index (χ1n) is 10.2. The minimum atomic E-state index is -0.597. The SMILES string of the molecule is CCC1CCC2CC(C3CCc4c(cc(F)c(Cl)c4F)C3)CCC2C1. The van der Waals surface area contributed by atoms with Crippen LogP contribution in [0.2, 0.25) is 5.02 Å². The third-order valence-electron chi connectivity index (χ3n) is 7.61. The standard InChI is InChI=1S/C22H29ClF2/c1-2-13-3-4-15-10-16(6-5-14(15)9-13)17-7-8-19-18(11-17)12-20(24)21(23)22(19)25/h12-17H,2-11H2,1H3. The number of hydrogen-bond acceptors (Lipinski definition) is 0. The van der Waals surface area contributed by atoms with Crippen molar-refractivity contribution in [1.82, 2.24) is 0 Å². The molecule has 0 nitrogen and oxygen atoms in total. The molecule has 3 aliphatic rings. The zero-order chi connectivity index (χ0) is 17.6. The quantitative estimate of drug-likeness (QED) is 0.496. The Morgan fingerprint density at radius 1 is 0.960 bits per heavy atom. The highest BCUT2D eigenvalue weighted by molar-refractivity contribution is 6.31. The molecule has 0 saturated heterocycles. The average molecular weight is 367 g/mol. The summed E-state index contributed by atoms with van der Waals surface area (Å²) < 4.78 is 28.1. The number of rotatable bonds is 2. The number of hydrogen-bond donors (Lipinski definition) is 0. The van der Waals surface area contributed by atoms with E-state index in [0.717, 1.165) is 42.1 Å². The Labute approximate surface area is 155 Å². The molecule has 25 heavy (non-hydrogen) atoms. The Morgan fingerprint density at radius 2 is 1.64 bits per heavy atom. The van der Waals surface area contributed by atoms with Crippen LogP contribution in [-0.2, 0) is 12.8 Å². The van der Waals surface area contributed by atoms with Crippen molar-refractivity contribution in [3.63, 3.8) is 0 Å². The minimum Gasteiger partial charge on any atom is -0.205 e. The summed E-state index contributed by atoms with van der Waals surface area (Å²) in [5, 5.41) is -0.328. The summed E-state index contributed by atoms with van der Waals surface area (Å²) in [6.45, 7) is 2.33. The molecule has 0 radical (unpaired) electrons. The van der Waals surface area contributed by atoms with Crippen LogP contribution in [0.1, 0.15) is 69.4 Å². The molecule has 0 bridgehead atoms. The summed E-state index contributed by atoms with van der Waals surface area (Å²) in [6, 6.07) is 1.49. The Morgan fingerprint density at radius 3 is 2.40 bits per heavy atom. The monoisotopic (exact) mass is 366 g/mol. The lowest BCUT2D eigenvalue weighted by Crippen LogP contribution is -2.35. The topological polar surface area (TPSA) is 0 Å². The van der Waals surface area contributed by atoms with Crippen LogP contribution in [0.4, 0.5) is 8.78 Å². The fourth-order valence-corrected chi connectivity index (χ4v) is 6.24. The predicted octanol–water partition coefficient (Wildman–Crippen LogP) is 6.97. The summed E-state index contributed by atoms with van der Waals surface area (Å²) in [7, 11) is 0. The highest BCUT2D eigenvalue weighted by atomic mass is 35.5. The van der Waals surface area contributed by atoms with Gasteiger partial charge in [0, 0.05) is 0 Å². The Hall–Kier alpha value is -0.630. The Kier molecular flexibility index (Phi) is 5.10. The summed E-state index contributed by atoms with van der Waals surface area (Å²) in [6.07, 6.45) is 12.2. The van der Waals surface area contributed by atoms with Crippen LogP contribution in [0.3, 0.4) is 0 Å². The second-order valence-corrected chi connectivity index (χ2v) is 9.19. The molecule has 3 heteroatoms. The summed E-state index contributed by atoms with van der Waals surface area (Å²) in [4.78, 5) is 0. The van der Waals surface area contributed by atoms with Gasteiger partial charge in [-0.2, -0.15) is 0 Å². The van der Waals surface area contributed by atoms with E-state index < -0.39 is 11.6 Å². The summed E-state index contributed by atoms with van der Waals surface area (Å²) in [5.74, 6) is 3.03. The van der Waals surface area contributed by atoms with E-state index in [0.29, 0.717) is 17.9 Å². The molecule has 0 N–H and O–H groups in total. The fourth-order valence-electron chi connectivity index (χ4n) is 6.07. The first-order chi connectivity index (χ1) is 12.1. The molecule has 5 unspecified atom stereocenters. The molecule has 1 aromatic carbocycles. The number of benzene rings is 1. The van der Waals surface area contributed by atoms with Crippen LogP contribution in [0, 0.1) is 41.2 Å². The highest BCUT2D eigenvalue weighted by Crippen LogP contribution is 2.49. The molecule has 2 fully saturated rings. The second-order valence-electron chi connectivity index (χ2n) is 8.81. The van der Waals surface area contributed by atoms with E-state index in [1.165, 1.54) is 51.0 Å². The van der Waals surface area contributed by atoms with Crippen molar-refractivity contribution in [2.75, 3.05) is 0 Å². The van der Waals surface area contributed by atoms with Gasteiger partial charge in [0.05, 0.1) is 0 Å². The van der Waals surface area contributed by atoms with Crippen molar-refractivity contribution in [2.45, 2.75) is 71.1 Å². The van der Waals surface area contributed by atoms with Crippen molar-refractivity contribution < 1.29 is 8.78 Å². The van der Waals surface area contributed by atoms with Crippen molar-refractivity contribution in [2.24, 2.45) is 29.6 Å². The first-order valence-corrected chi connectivity index (χ1v) is 10.6. The van der Waals surface area contributed by atoms with Crippen LogP contribution < -0.4 is 0 Å². The normalized spacial score (nSPS) is 35.1. The zero-order valence-corrected chi connectivity index (χ0v) is 15.9. The van der Waals surface area contributed by atoms with Gasteiger partial charge in [0.2, 0.25) is 0 Å². The number of fused-ring (bicyclic) bond motifs is 2. The van der Waals surface area contributed by atoms with Crippen LogP contribution in [0.25, 0.3) is 0 Å². The van der Waals surface area contributed by atoms with E-state index in [1.54, 1.807) is 0 Å². The molecule has 3 aliphatic carbocycles. The minimum absolute atomic E-state index is 0.328. The molecular formula is C22H29ClF2. The third-order valence-corrected chi connectivity index (χ3v) is 7.96. The molecule has 0 aliphatic heterocycles. The average Bonchev–Trinajstić information content (AvgIpc) is 2.65. The van der Waals surface area contributed by atoms with Crippen molar-refractivity contribution >= 4 is 11.6 Å². The first kappa shape index (κ1) is 17.8. The molecule has 0 spiro atoms. The maximum atomic E-state index is 14.2. The van der Waals surface area contributed by atoms with Gasteiger partial charge in [-0.1, -0.05) is 31.4 Å². The van der Waals surface area contributed by atoms with Gasteiger partial charge in [0.25, 0.3) is 0 Å². The summed E-state index contributed by atoms with van der Waals surface area (Å²) >= 11 is 5.75. The lowest BCUT2D eigenvalue weighted by molar-refractivity contribution is 0.0707. The molecule has 1 aromatic rings. The van der Waals surface area contributed by atoms with E-state index in [-0.39, 0.29) is 5.02 Å². The molecule has 4 rings (SSSR count). The van der Waals surface area contributed by atoms with Crippen LogP contribution in [0.5, 0.6) is 0 Å². The van der Waals surface area contributed by atoms with E-state index in [4.69, 9.17) is 11.6 Å². The summed E-state index contributed by atoms with van der Waals surface area (Å²) in [5.41, 5.74) is 1.53. The van der Waals surface area contributed by atoms with Gasteiger partial charge in [0.15, 0.2) is 0 Å². The van der Waals surface area contributed by atoms with E-state index in [1.807, 2.05) is 0 Å². The Bertz CT molecular complexity index is 641. The largest absolute Gasteiger partial charge is 0.205 e. The van der Waals surface area contributed by atoms with Gasteiger partial charge < -0.3 is 0 Å². The van der Waals surface area contributed by atoms with Crippen molar-refractivity contribution in [3.8, 4) is 0 Å².